The molecule has 0 heterocycles. The Hall–Kier alpha value is -2.40. The highest BCUT2D eigenvalue weighted by molar-refractivity contribution is 5.52. The van der Waals surface area contributed by atoms with Crippen molar-refractivity contribution in [2.75, 3.05) is 32.2 Å². The average molecular weight is 412 g/mol. The van der Waals surface area contributed by atoms with E-state index in [9.17, 15) is 0 Å². The van der Waals surface area contributed by atoms with Gasteiger partial charge >= 0.3 is 0 Å². The number of nitrogens with zero attached hydrogens (tertiary/aromatic N) is 3. The molecular formula is C25H37N3O2. The summed E-state index contributed by atoms with van der Waals surface area (Å²) < 4.78 is 5.83. The van der Waals surface area contributed by atoms with Crippen LogP contribution in [0.3, 0.4) is 0 Å². The Kier molecular flexibility index (Phi) is 11.6. The summed E-state index contributed by atoms with van der Waals surface area (Å²) in [5.74, 6) is 0.883. The standard InChI is InChI=1S/C25H37N3O2/c1-28(2)24-16-12-22(13-17-24)26-27-23-14-18-25(19-15-23)30-21-11-9-7-5-3-4-6-8-10-20-29/h12-19,29H,3-11,20-21H2,1-2H3. The molecule has 2 aromatic rings. The van der Waals surface area contributed by atoms with Crippen LogP contribution in [0.4, 0.5) is 17.1 Å². The number of benzene rings is 2. The number of anilines is 1. The van der Waals surface area contributed by atoms with Gasteiger partial charge in [-0.2, -0.15) is 10.2 Å². The molecule has 0 unspecified atom stereocenters. The monoisotopic (exact) mass is 411 g/mol. The van der Waals surface area contributed by atoms with Crippen LogP contribution in [0.25, 0.3) is 0 Å². The number of aliphatic hydroxyl groups excluding tert-OH is 1. The van der Waals surface area contributed by atoms with Crippen molar-refractivity contribution in [2.45, 2.75) is 57.8 Å². The second kappa shape index (κ2) is 14.6. The summed E-state index contributed by atoms with van der Waals surface area (Å²) in [6.07, 6.45) is 10.9. The Morgan fingerprint density at radius 1 is 0.667 bits per heavy atom. The molecule has 0 bridgehead atoms. The van der Waals surface area contributed by atoms with Gasteiger partial charge in [0.05, 0.1) is 18.0 Å². The molecular weight excluding hydrogens is 374 g/mol. The summed E-state index contributed by atoms with van der Waals surface area (Å²) in [6.45, 7) is 1.09. The summed E-state index contributed by atoms with van der Waals surface area (Å²) in [7, 11) is 4.04. The zero-order valence-corrected chi connectivity index (χ0v) is 18.6. The highest BCUT2D eigenvalue weighted by Gasteiger charge is 1.98. The van der Waals surface area contributed by atoms with Gasteiger partial charge in [0.25, 0.3) is 0 Å². The highest BCUT2D eigenvalue weighted by Crippen LogP contribution is 2.23. The van der Waals surface area contributed by atoms with Gasteiger partial charge < -0.3 is 14.7 Å². The first-order valence-corrected chi connectivity index (χ1v) is 11.2. The van der Waals surface area contributed by atoms with Crippen LogP contribution in [0, 0.1) is 0 Å². The number of hydrogen-bond donors (Lipinski definition) is 1. The van der Waals surface area contributed by atoms with E-state index in [0.29, 0.717) is 6.61 Å². The first kappa shape index (κ1) is 23.9. The van der Waals surface area contributed by atoms with Crippen molar-refractivity contribution in [3.63, 3.8) is 0 Å². The SMILES string of the molecule is CN(C)c1ccc(N=Nc2ccc(OCCCCCCCCCCCO)cc2)cc1. The van der Waals surface area contributed by atoms with Gasteiger partial charge in [-0.1, -0.05) is 44.9 Å². The Labute approximate surface area is 181 Å². The van der Waals surface area contributed by atoms with Crippen molar-refractivity contribution in [3.8, 4) is 5.75 Å². The fourth-order valence-corrected chi connectivity index (χ4v) is 3.18. The van der Waals surface area contributed by atoms with Crippen molar-refractivity contribution in [3.05, 3.63) is 48.5 Å². The van der Waals surface area contributed by atoms with E-state index < -0.39 is 0 Å². The molecule has 0 atom stereocenters. The van der Waals surface area contributed by atoms with Crippen LogP contribution in [0.1, 0.15) is 57.8 Å². The first-order chi connectivity index (χ1) is 14.7. The third kappa shape index (κ3) is 9.88. The van der Waals surface area contributed by atoms with Gasteiger partial charge in [0.15, 0.2) is 0 Å². The average Bonchev–Trinajstić information content (AvgIpc) is 2.77. The van der Waals surface area contributed by atoms with Crippen LogP contribution < -0.4 is 9.64 Å². The van der Waals surface area contributed by atoms with Crippen molar-refractivity contribution in [2.24, 2.45) is 10.2 Å². The maximum atomic E-state index is 8.75. The molecule has 2 aromatic carbocycles. The second-order valence-corrected chi connectivity index (χ2v) is 7.86. The number of aliphatic hydroxyl groups is 1. The normalized spacial score (nSPS) is 11.2. The molecule has 0 radical (unpaired) electrons. The molecule has 2 rings (SSSR count). The molecule has 164 valence electrons. The molecule has 0 aliphatic carbocycles. The van der Waals surface area contributed by atoms with Crippen LogP contribution in [-0.2, 0) is 0 Å². The van der Waals surface area contributed by atoms with Crippen LogP contribution in [-0.4, -0.2) is 32.4 Å². The molecule has 0 amide bonds. The lowest BCUT2D eigenvalue weighted by Crippen LogP contribution is -2.07. The zero-order chi connectivity index (χ0) is 21.4. The Morgan fingerprint density at radius 2 is 1.13 bits per heavy atom. The highest BCUT2D eigenvalue weighted by atomic mass is 16.5. The van der Waals surface area contributed by atoms with E-state index in [2.05, 4.69) is 15.1 Å². The van der Waals surface area contributed by atoms with Gasteiger partial charge in [0.2, 0.25) is 0 Å². The Morgan fingerprint density at radius 3 is 1.63 bits per heavy atom. The number of rotatable bonds is 15. The predicted molar refractivity (Wildman–Crippen MR) is 126 cm³/mol. The minimum Gasteiger partial charge on any atom is -0.494 e. The van der Waals surface area contributed by atoms with Gasteiger partial charge in [-0.3, -0.25) is 0 Å². The van der Waals surface area contributed by atoms with Gasteiger partial charge in [0.1, 0.15) is 5.75 Å². The van der Waals surface area contributed by atoms with Crippen molar-refractivity contribution < 1.29 is 9.84 Å². The second-order valence-electron chi connectivity index (χ2n) is 7.86. The van der Waals surface area contributed by atoms with Crippen LogP contribution in [0.15, 0.2) is 58.8 Å². The Balaban J connectivity index is 1.58. The fraction of sp³-hybridized carbons (Fsp3) is 0.520. The molecule has 0 fully saturated rings. The smallest absolute Gasteiger partial charge is 0.119 e. The maximum Gasteiger partial charge on any atom is 0.119 e. The molecule has 5 heteroatoms. The summed E-state index contributed by atoms with van der Waals surface area (Å²) in [5, 5.41) is 17.3. The van der Waals surface area contributed by atoms with Crippen molar-refractivity contribution in [1.29, 1.82) is 0 Å². The number of hydrogen-bond acceptors (Lipinski definition) is 5. The van der Waals surface area contributed by atoms with E-state index in [0.717, 1.165) is 48.7 Å². The minimum atomic E-state index is 0.332. The van der Waals surface area contributed by atoms with E-state index in [-0.39, 0.29) is 0 Å². The molecule has 5 nitrogen and oxygen atoms in total. The van der Waals surface area contributed by atoms with Crippen LogP contribution in [0.5, 0.6) is 5.75 Å². The summed E-state index contributed by atoms with van der Waals surface area (Å²) in [4.78, 5) is 2.06. The fourth-order valence-electron chi connectivity index (χ4n) is 3.18. The molecule has 30 heavy (non-hydrogen) atoms. The molecule has 0 aliphatic rings. The molecule has 1 N–H and O–H groups in total. The zero-order valence-electron chi connectivity index (χ0n) is 18.6. The van der Waals surface area contributed by atoms with E-state index in [1.807, 2.05) is 62.6 Å². The van der Waals surface area contributed by atoms with E-state index in [4.69, 9.17) is 9.84 Å². The van der Waals surface area contributed by atoms with Crippen LogP contribution in [0.2, 0.25) is 0 Å². The van der Waals surface area contributed by atoms with Gasteiger partial charge in [0, 0.05) is 26.4 Å². The Bertz CT molecular complexity index is 712. The van der Waals surface area contributed by atoms with Crippen LogP contribution >= 0.6 is 0 Å². The molecule has 0 spiro atoms. The largest absolute Gasteiger partial charge is 0.494 e. The predicted octanol–water partition coefficient (Wildman–Crippen LogP) is 7.05. The van der Waals surface area contributed by atoms with E-state index in [1.54, 1.807) is 0 Å². The maximum absolute atomic E-state index is 8.75. The van der Waals surface area contributed by atoms with E-state index in [1.165, 1.54) is 38.5 Å². The first-order valence-electron chi connectivity index (χ1n) is 11.2. The third-order valence-corrected chi connectivity index (χ3v) is 5.05. The summed E-state index contributed by atoms with van der Waals surface area (Å²) in [6, 6.07) is 15.8. The number of ether oxygens (including phenoxy) is 1. The van der Waals surface area contributed by atoms with Gasteiger partial charge in [-0.05, 0) is 61.4 Å². The molecule has 0 saturated carbocycles. The third-order valence-electron chi connectivity index (χ3n) is 5.05. The minimum absolute atomic E-state index is 0.332. The molecule has 0 saturated heterocycles. The molecule has 0 aliphatic heterocycles. The lowest BCUT2D eigenvalue weighted by atomic mass is 10.1. The number of azo groups is 1. The van der Waals surface area contributed by atoms with Crippen molar-refractivity contribution >= 4 is 17.1 Å². The van der Waals surface area contributed by atoms with Gasteiger partial charge in [-0.25, -0.2) is 0 Å². The lowest BCUT2D eigenvalue weighted by Gasteiger charge is -2.11. The molecule has 0 aromatic heterocycles. The quantitative estimate of drug-likeness (QED) is 0.252. The summed E-state index contributed by atoms with van der Waals surface area (Å²) >= 11 is 0. The topological polar surface area (TPSA) is 57.4 Å². The number of unbranched alkanes of at least 4 members (excludes halogenated alkanes) is 8. The lowest BCUT2D eigenvalue weighted by molar-refractivity contribution is 0.282. The van der Waals surface area contributed by atoms with Gasteiger partial charge in [-0.15, -0.1) is 0 Å². The van der Waals surface area contributed by atoms with Crippen molar-refractivity contribution in [1.82, 2.24) is 0 Å². The van der Waals surface area contributed by atoms with E-state index >= 15 is 0 Å². The summed E-state index contributed by atoms with van der Waals surface area (Å²) in [5.41, 5.74) is 2.80.